The lowest BCUT2D eigenvalue weighted by Gasteiger charge is -2.13. The SMILES string of the molecule is Nc1ccc(C(=O)Nc2cc(N)c(S(=O)(=O)O)cc2SOOO)cc1. The summed E-state index contributed by atoms with van der Waals surface area (Å²) >= 11 is 0.388. The maximum atomic E-state index is 12.3. The van der Waals surface area contributed by atoms with Gasteiger partial charge in [0.1, 0.15) is 4.90 Å². The van der Waals surface area contributed by atoms with Gasteiger partial charge in [0.25, 0.3) is 16.0 Å². The van der Waals surface area contributed by atoms with E-state index in [4.69, 9.17) is 21.3 Å². The minimum absolute atomic E-state index is 0.000306. The molecule has 1 amide bonds. The number of anilines is 3. The van der Waals surface area contributed by atoms with E-state index < -0.39 is 20.9 Å². The third-order valence-electron chi connectivity index (χ3n) is 2.97. The summed E-state index contributed by atoms with van der Waals surface area (Å²) in [6.45, 7) is 0. The molecule has 0 heterocycles. The van der Waals surface area contributed by atoms with E-state index in [1.165, 1.54) is 24.3 Å². The van der Waals surface area contributed by atoms with Crippen molar-refractivity contribution in [3.05, 3.63) is 42.0 Å². The Hall–Kier alpha value is -2.35. The van der Waals surface area contributed by atoms with Gasteiger partial charge in [0, 0.05) is 11.3 Å². The van der Waals surface area contributed by atoms with Crippen molar-refractivity contribution in [3.8, 4) is 0 Å². The lowest BCUT2D eigenvalue weighted by molar-refractivity contribution is -0.432. The fourth-order valence-corrected chi connectivity index (χ4v) is 3.02. The Bertz CT molecular complexity index is 885. The third kappa shape index (κ3) is 4.82. The Balaban J connectivity index is 2.39. The molecule has 0 aliphatic rings. The van der Waals surface area contributed by atoms with Gasteiger partial charge >= 0.3 is 0 Å². The Morgan fingerprint density at radius 3 is 2.36 bits per heavy atom. The normalized spacial score (nSPS) is 11.3. The smallest absolute Gasteiger partial charge is 0.296 e. The summed E-state index contributed by atoms with van der Waals surface area (Å²) in [4.78, 5) is 11.7. The van der Waals surface area contributed by atoms with Crippen LogP contribution in [0.25, 0.3) is 0 Å². The van der Waals surface area contributed by atoms with Gasteiger partial charge in [0.15, 0.2) is 0 Å². The first-order chi connectivity index (χ1) is 11.7. The molecule has 2 aromatic carbocycles. The molecular formula is C13H13N3O7S2. The second-order valence-corrected chi connectivity index (χ2v) is 6.80. The molecule has 2 aromatic rings. The quantitative estimate of drug-likeness (QED) is 0.161. The van der Waals surface area contributed by atoms with Gasteiger partial charge in [-0.05, 0) is 36.4 Å². The summed E-state index contributed by atoms with van der Waals surface area (Å²) in [7, 11) is -4.61. The van der Waals surface area contributed by atoms with Gasteiger partial charge < -0.3 is 16.8 Å². The standard InChI is InChI=1S/C13H13N3O7S2/c14-8-3-1-7(2-4-8)13(17)16-10-5-9(15)12(25(19,20)21)6-11(10)24-23-22-18/h1-6,18H,14-15H2,(H,16,17)(H,19,20,21). The summed E-state index contributed by atoms with van der Waals surface area (Å²) in [5.41, 5.74) is 11.7. The molecule has 0 atom stereocenters. The molecule has 0 saturated heterocycles. The van der Waals surface area contributed by atoms with Gasteiger partial charge in [-0.1, -0.05) is 5.04 Å². The zero-order valence-corrected chi connectivity index (χ0v) is 14.0. The van der Waals surface area contributed by atoms with Crippen LogP contribution in [0.3, 0.4) is 0 Å². The van der Waals surface area contributed by atoms with Gasteiger partial charge in [-0.3, -0.25) is 9.35 Å². The largest absolute Gasteiger partial charge is 0.399 e. The Kier molecular flexibility index (Phi) is 5.84. The van der Waals surface area contributed by atoms with E-state index in [2.05, 4.69) is 14.7 Å². The molecule has 0 bridgehead atoms. The van der Waals surface area contributed by atoms with Crippen molar-refractivity contribution in [1.29, 1.82) is 0 Å². The van der Waals surface area contributed by atoms with Gasteiger partial charge in [-0.2, -0.15) is 8.42 Å². The Morgan fingerprint density at radius 2 is 1.80 bits per heavy atom. The average molecular weight is 387 g/mol. The topological polar surface area (TPSA) is 174 Å². The van der Waals surface area contributed by atoms with Crippen LogP contribution in [-0.2, 0) is 19.5 Å². The molecule has 12 heteroatoms. The minimum atomic E-state index is -4.61. The van der Waals surface area contributed by atoms with Gasteiger partial charge in [-0.25, -0.2) is 5.26 Å². The predicted octanol–water partition coefficient (Wildman–Crippen LogP) is 1.78. The molecule has 0 radical (unpaired) electrons. The highest BCUT2D eigenvalue weighted by atomic mass is 32.2. The molecule has 2 rings (SSSR count). The zero-order chi connectivity index (χ0) is 18.6. The first kappa shape index (κ1) is 19.0. The monoisotopic (exact) mass is 387 g/mol. The second kappa shape index (κ2) is 7.69. The number of nitrogens with two attached hydrogens (primary N) is 2. The highest BCUT2D eigenvalue weighted by molar-refractivity contribution is 7.94. The highest BCUT2D eigenvalue weighted by Gasteiger charge is 2.20. The average Bonchev–Trinajstić information content (AvgIpc) is 2.53. The molecule has 10 nitrogen and oxygen atoms in total. The zero-order valence-electron chi connectivity index (χ0n) is 12.4. The first-order valence-electron chi connectivity index (χ1n) is 6.45. The van der Waals surface area contributed by atoms with Crippen molar-refractivity contribution in [2.45, 2.75) is 9.79 Å². The summed E-state index contributed by atoms with van der Waals surface area (Å²) in [6, 6.07) is 8.10. The van der Waals surface area contributed by atoms with Crippen LogP contribution in [-0.4, -0.2) is 24.1 Å². The molecule has 0 aliphatic carbocycles. The second-order valence-electron chi connectivity index (χ2n) is 4.66. The molecular weight excluding hydrogens is 374 g/mol. The minimum Gasteiger partial charge on any atom is -0.399 e. The third-order valence-corrected chi connectivity index (χ3v) is 4.52. The molecule has 7 N–H and O–H groups in total. The predicted molar refractivity (Wildman–Crippen MR) is 90.1 cm³/mol. The van der Waals surface area contributed by atoms with Crippen LogP contribution in [0.4, 0.5) is 17.1 Å². The van der Waals surface area contributed by atoms with E-state index in [1.807, 2.05) is 0 Å². The van der Waals surface area contributed by atoms with Crippen LogP contribution in [0, 0.1) is 0 Å². The van der Waals surface area contributed by atoms with Gasteiger partial charge in [0.2, 0.25) is 0 Å². The van der Waals surface area contributed by atoms with Crippen molar-refractivity contribution < 1.29 is 32.4 Å². The molecule has 25 heavy (non-hydrogen) atoms. The lowest BCUT2D eigenvalue weighted by Crippen LogP contribution is -2.14. The van der Waals surface area contributed by atoms with E-state index in [1.54, 1.807) is 0 Å². The molecule has 134 valence electrons. The number of rotatable bonds is 6. The van der Waals surface area contributed by atoms with E-state index in [0.29, 0.717) is 17.7 Å². The van der Waals surface area contributed by atoms with Gasteiger partial charge in [0.05, 0.1) is 28.3 Å². The van der Waals surface area contributed by atoms with E-state index in [9.17, 15) is 13.2 Å². The van der Waals surface area contributed by atoms with Crippen LogP contribution in [0.2, 0.25) is 0 Å². The lowest BCUT2D eigenvalue weighted by atomic mass is 10.2. The van der Waals surface area contributed by atoms with E-state index in [-0.39, 0.29) is 21.8 Å². The van der Waals surface area contributed by atoms with Crippen molar-refractivity contribution in [2.24, 2.45) is 0 Å². The molecule has 0 aliphatic heterocycles. The van der Waals surface area contributed by atoms with Crippen LogP contribution in [0.1, 0.15) is 10.4 Å². The van der Waals surface area contributed by atoms with Crippen LogP contribution in [0.5, 0.6) is 0 Å². The van der Waals surface area contributed by atoms with E-state index >= 15 is 0 Å². The van der Waals surface area contributed by atoms with Crippen LogP contribution in [0.15, 0.2) is 46.2 Å². The summed E-state index contributed by atoms with van der Waals surface area (Å²) in [6.07, 6.45) is 0. The Labute approximate surface area is 146 Å². The molecule has 0 fully saturated rings. The van der Waals surface area contributed by atoms with Crippen LogP contribution < -0.4 is 16.8 Å². The number of hydrogen-bond donors (Lipinski definition) is 5. The number of carbonyl (C=O) groups is 1. The maximum absolute atomic E-state index is 12.3. The molecule has 0 unspecified atom stereocenters. The summed E-state index contributed by atoms with van der Waals surface area (Å²) in [5.74, 6) is -0.536. The van der Waals surface area contributed by atoms with Crippen molar-refractivity contribution >= 4 is 45.1 Å². The molecule has 0 spiro atoms. The van der Waals surface area contributed by atoms with Gasteiger partial charge in [-0.15, -0.1) is 4.33 Å². The highest BCUT2D eigenvalue weighted by Crippen LogP contribution is 2.34. The van der Waals surface area contributed by atoms with Crippen molar-refractivity contribution in [1.82, 2.24) is 0 Å². The van der Waals surface area contributed by atoms with Crippen molar-refractivity contribution in [2.75, 3.05) is 16.8 Å². The maximum Gasteiger partial charge on any atom is 0.296 e. The Morgan fingerprint density at radius 1 is 1.16 bits per heavy atom. The summed E-state index contributed by atoms with van der Waals surface area (Å²) < 4.78 is 36.0. The fraction of sp³-hybridized carbons (Fsp3) is 0. The number of benzene rings is 2. The number of nitrogen functional groups attached to an aromatic ring is 2. The fourth-order valence-electron chi connectivity index (χ4n) is 1.85. The molecule has 0 aromatic heterocycles. The van der Waals surface area contributed by atoms with E-state index in [0.717, 1.165) is 12.1 Å². The number of hydrogen-bond acceptors (Lipinski definition) is 9. The van der Waals surface area contributed by atoms with Crippen LogP contribution >= 0.6 is 12.0 Å². The number of carbonyl (C=O) groups excluding carboxylic acids is 1. The van der Waals surface area contributed by atoms with Crippen molar-refractivity contribution in [3.63, 3.8) is 0 Å². The number of amides is 1. The molecule has 0 saturated carbocycles. The first-order valence-corrected chi connectivity index (χ1v) is 8.63. The summed E-state index contributed by atoms with van der Waals surface area (Å²) in [5, 5.41) is 14.2. The number of nitrogens with one attached hydrogen (secondary N) is 1.